The standard InChI is InChI=1S/C11H20N4O/c1-5-15(8(2)6-16-4)11-9(3)10(12)13-7-14-11/h7-8H,5-6H2,1-4H3,(H2,12,13,14). The number of methoxy groups -OCH3 is 1. The number of rotatable bonds is 5. The third-order valence-corrected chi connectivity index (χ3v) is 2.65. The van der Waals surface area contributed by atoms with Crippen molar-refractivity contribution >= 4 is 11.6 Å². The Kier molecular flexibility index (Phi) is 4.49. The summed E-state index contributed by atoms with van der Waals surface area (Å²) >= 11 is 0. The molecule has 0 saturated carbocycles. The van der Waals surface area contributed by atoms with Crippen LogP contribution in [0.4, 0.5) is 11.6 Å². The first-order chi connectivity index (χ1) is 7.61. The predicted octanol–water partition coefficient (Wildman–Crippen LogP) is 1.23. The molecule has 1 heterocycles. The van der Waals surface area contributed by atoms with Crippen molar-refractivity contribution in [3.8, 4) is 0 Å². The third kappa shape index (κ3) is 2.61. The fourth-order valence-electron chi connectivity index (χ4n) is 1.74. The Balaban J connectivity index is 2.99. The second-order valence-corrected chi connectivity index (χ2v) is 3.80. The summed E-state index contributed by atoms with van der Waals surface area (Å²) in [6.45, 7) is 7.65. The lowest BCUT2D eigenvalue weighted by Crippen LogP contribution is -2.37. The molecule has 0 aliphatic rings. The molecule has 0 aliphatic heterocycles. The first-order valence-electron chi connectivity index (χ1n) is 5.44. The summed E-state index contributed by atoms with van der Waals surface area (Å²) in [5.74, 6) is 1.42. The highest BCUT2D eigenvalue weighted by Gasteiger charge is 2.17. The molecule has 0 radical (unpaired) electrons. The summed E-state index contributed by atoms with van der Waals surface area (Å²) in [5, 5.41) is 0. The lowest BCUT2D eigenvalue weighted by atomic mass is 10.2. The molecule has 5 heteroatoms. The van der Waals surface area contributed by atoms with E-state index in [2.05, 4.69) is 28.7 Å². The van der Waals surface area contributed by atoms with Gasteiger partial charge in [-0.05, 0) is 20.8 Å². The molecule has 16 heavy (non-hydrogen) atoms. The maximum atomic E-state index is 5.78. The minimum atomic E-state index is 0.267. The fourth-order valence-corrected chi connectivity index (χ4v) is 1.74. The van der Waals surface area contributed by atoms with Crippen molar-refractivity contribution in [2.24, 2.45) is 0 Å². The summed E-state index contributed by atoms with van der Waals surface area (Å²) in [7, 11) is 1.70. The van der Waals surface area contributed by atoms with Gasteiger partial charge < -0.3 is 15.4 Å². The van der Waals surface area contributed by atoms with Gasteiger partial charge in [-0.3, -0.25) is 0 Å². The van der Waals surface area contributed by atoms with Crippen molar-refractivity contribution in [3.63, 3.8) is 0 Å². The van der Waals surface area contributed by atoms with E-state index in [1.165, 1.54) is 6.33 Å². The Labute approximate surface area is 96.6 Å². The zero-order chi connectivity index (χ0) is 12.1. The Morgan fingerprint density at radius 1 is 1.50 bits per heavy atom. The van der Waals surface area contributed by atoms with Crippen LogP contribution in [-0.2, 0) is 4.74 Å². The highest BCUT2D eigenvalue weighted by Crippen LogP contribution is 2.21. The first kappa shape index (κ1) is 12.7. The van der Waals surface area contributed by atoms with Gasteiger partial charge in [0, 0.05) is 19.2 Å². The molecule has 2 N–H and O–H groups in total. The van der Waals surface area contributed by atoms with E-state index in [0.717, 1.165) is 17.9 Å². The van der Waals surface area contributed by atoms with E-state index in [4.69, 9.17) is 10.5 Å². The van der Waals surface area contributed by atoms with Crippen LogP contribution in [0.5, 0.6) is 0 Å². The number of hydrogen-bond acceptors (Lipinski definition) is 5. The van der Waals surface area contributed by atoms with Gasteiger partial charge in [-0.25, -0.2) is 9.97 Å². The first-order valence-corrected chi connectivity index (χ1v) is 5.44. The van der Waals surface area contributed by atoms with Crippen LogP contribution >= 0.6 is 0 Å². The monoisotopic (exact) mass is 224 g/mol. The highest BCUT2D eigenvalue weighted by molar-refractivity contribution is 5.56. The number of hydrogen-bond donors (Lipinski definition) is 1. The summed E-state index contributed by atoms with van der Waals surface area (Å²) in [5.41, 5.74) is 6.70. The molecule has 1 aromatic heterocycles. The van der Waals surface area contributed by atoms with Crippen LogP contribution in [-0.4, -0.2) is 36.3 Å². The summed E-state index contributed by atoms with van der Waals surface area (Å²) in [4.78, 5) is 10.4. The van der Waals surface area contributed by atoms with Crippen LogP contribution in [0, 0.1) is 6.92 Å². The highest BCUT2D eigenvalue weighted by atomic mass is 16.5. The van der Waals surface area contributed by atoms with Crippen LogP contribution in [0.15, 0.2) is 6.33 Å². The van der Waals surface area contributed by atoms with E-state index >= 15 is 0 Å². The molecule has 0 saturated heterocycles. The number of nitrogen functional groups attached to an aromatic ring is 1. The summed E-state index contributed by atoms with van der Waals surface area (Å²) < 4.78 is 5.16. The topological polar surface area (TPSA) is 64.3 Å². The van der Waals surface area contributed by atoms with E-state index in [1.807, 2.05) is 6.92 Å². The molecule has 0 spiro atoms. The lowest BCUT2D eigenvalue weighted by molar-refractivity contribution is 0.181. The van der Waals surface area contributed by atoms with Gasteiger partial charge in [0.15, 0.2) is 0 Å². The smallest absolute Gasteiger partial charge is 0.137 e. The van der Waals surface area contributed by atoms with Crippen molar-refractivity contribution < 1.29 is 4.74 Å². The molecule has 0 aromatic carbocycles. The van der Waals surface area contributed by atoms with Gasteiger partial charge in [0.2, 0.25) is 0 Å². The van der Waals surface area contributed by atoms with E-state index in [9.17, 15) is 0 Å². The molecular formula is C11H20N4O. The summed E-state index contributed by atoms with van der Waals surface area (Å²) in [6.07, 6.45) is 1.50. The average molecular weight is 224 g/mol. The molecule has 1 unspecified atom stereocenters. The number of anilines is 2. The molecule has 0 aliphatic carbocycles. The summed E-state index contributed by atoms with van der Waals surface area (Å²) in [6, 6.07) is 0.267. The van der Waals surface area contributed by atoms with Crippen molar-refractivity contribution in [1.82, 2.24) is 9.97 Å². The van der Waals surface area contributed by atoms with Gasteiger partial charge in [0.25, 0.3) is 0 Å². The zero-order valence-electron chi connectivity index (χ0n) is 10.4. The van der Waals surface area contributed by atoms with Gasteiger partial charge in [-0.2, -0.15) is 0 Å². The quantitative estimate of drug-likeness (QED) is 0.815. The normalized spacial score (nSPS) is 12.5. The Hall–Kier alpha value is -1.36. The number of aromatic nitrogens is 2. The average Bonchev–Trinajstić information content (AvgIpc) is 2.25. The van der Waals surface area contributed by atoms with Gasteiger partial charge in [0.05, 0.1) is 12.6 Å². The van der Waals surface area contributed by atoms with E-state index in [0.29, 0.717) is 12.4 Å². The Bertz CT molecular complexity index is 343. The molecule has 0 amide bonds. The zero-order valence-corrected chi connectivity index (χ0v) is 10.4. The molecule has 1 atom stereocenters. The number of ether oxygens (including phenoxy) is 1. The number of likely N-dealkylation sites (N-methyl/N-ethyl adjacent to an activating group) is 1. The van der Waals surface area contributed by atoms with Crippen LogP contribution in [0.25, 0.3) is 0 Å². The van der Waals surface area contributed by atoms with Crippen LogP contribution < -0.4 is 10.6 Å². The third-order valence-electron chi connectivity index (χ3n) is 2.65. The van der Waals surface area contributed by atoms with Crippen molar-refractivity contribution in [3.05, 3.63) is 11.9 Å². The Morgan fingerprint density at radius 3 is 2.75 bits per heavy atom. The molecule has 1 aromatic rings. The largest absolute Gasteiger partial charge is 0.383 e. The molecular weight excluding hydrogens is 204 g/mol. The van der Waals surface area contributed by atoms with Crippen LogP contribution in [0.2, 0.25) is 0 Å². The Morgan fingerprint density at radius 2 is 2.19 bits per heavy atom. The van der Waals surface area contributed by atoms with Gasteiger partial charge in [-0.1, -0.05) is 0 Å². The van der Waals surface area contributed by atoms with E-state index < -0.39 is 0 Å². The minimum absolute atomic E-state index is 0.267. The van der Waals surface area contributed by atoms with Crippen molar-refractivity contribution in [2.75, 3.05) is 30.9 Å². The minimum Gasteiger partial charge on any atom is -0.383 e. The molecule has 90 valence electrons. The number of nitrogens with zero attached hydrogens (tertiary/aromatic N) is 3. The van der Waals surface area contributed by atoms with Crippen LogP contribution in [0.3, 0.4) is 0 Å². The van der Waals surface area contributed by atoms with Gasteiger partial charge in [0.1, 0.15) is 18.0 Å². The van der Waals surface area contributed by atoms with Crippen molar-refractivity contribution in [2.45, 2.75) is 26.8 Å². The molecule has 1 rings (SSSR count). The lowest BCUT2D eigenvalue weighted by Gasteiger charge is -2.29. The maximum Gasteiger partial charge on any atom is 0.137 e. The molecule has 0 bridgehead atoms. The molecule has 0 fully saturated rings. The predicted molar refractivity (Wildman–Crippen MR) is 65.5 cm³/mol. The molecule has 5 nitrogen and oxygen atoms in total. The number of nitrogens with two attached hydrogens (primary N) is 1. The second-order valence-electron chi connectivity index (χ2n) is 3.80. The van der Waals surface area contributed by atoms with E-state index in [1.54, 1.807) is 7.11 Å². The van der Waals surface area contributed by atoms with Crippen LogP contribution in [0.1, 0.15) is 19.4 Å². The fraction of sp³-hybridized carbons (Fsp3) is 0.636. The SMILES string of the molecule is CCN(c1ncnc(N)c1C)C(C)COC. The maximum absolute atomic E-state index is 5.78. The van der Waals surface area contributed by atoms with E-state index in [-0.39, 0.29) is 6.04 Å². The second kappa shape index (κ2) is 5.65. The van der Waals surface area contributed by atoms with Crippen molar-refractivity contribution in [1.29, 1.82) is 0 Å². The van der Waals surface area contributed by atoms with Gasteiger partial charge in [-0.15, -0.1) is 0 Å². The van der Waals surface area contributed by atoms with Gasteiger partial charge >= 0.3 is 0 Å².